The van der Waals surface area contributed by atoms with Gasteiger partial charge in [-0.1, -0.05) is 19.7 Å². The lowest BCUT2D eigenvalue weighted by Gasteiger charge is -2.17. The lowest BCUT2D eigenvalue weighted by molar-refractivity contribution is -0.141. The lowest BCUT2D eigenvalue weighted by Crippen LogP contribution is -2.36. The molecule has 34 nitrogen and oxygen atoms in total. The van der Waals surface area contributed by atoms with Gasteiger partial charge >= 0.3 is 48.4 Å². The number of hydrogen-bond acceptors (Lipinski definition) is 30. The van der Waals surface area contributed by atoms with E-state index in [1.54, 1.807) is 31.7 Å². The topological polar surface area (TPSA) is 407 Å². The molecule has 10 rings (SSSR count). The number of aliphatic hydroxyl groups is 3. The van der Waals surface area contributed by atoms with Crippen LogP contribution in [0.5, 0.6) is 0 Å². The van der Waals surface area contributed by atoms with Gasteiger partial charge in [0.05, 0.1) is 46.2 Å². The number of rotatable bonds is 15. The van der Waals surface area contributed by atoms with Crippen LogP contribution < -0.4 is 0 Å². The van der Waals surface area contributed by atoms with Gasteiger partial charge in [-0.25, -0.2) is 67.4 Å². The third-order valence-corrected chi connectivity index (χ3v) is 12.2. The van der Waals surface area contributed by atoms with Gasteiger partial charge in [0, 0.05) is 66.3 Å². The summed E-state index contributed by atoms with van der Waals surface area (Å²) < 4.78 is 82.4. The van der Waals surface area contributed by atoms with E-state index in [0.29, 0.717) is 5.57 Å². The van der Waals surface area contributed by atoms with Crippen LogP contribution in [0.4, 0.5) is 24.0 Å². The van der Waals surface area contributed by atoms with Gasteiger partial charge in [-0.05, 0) is 20.8 Å². The van der Waals surface area contributed by atoms with E-state index in [1.165, 1.54) is 82.2 Å². The molecule has 0 aliphatic carbocycles. The second-order valence-electron chi connectivity index (χ2n) is 18.9. The Bertz CT molecular complexity index is 2730. The molecule has 6 saturated heterocycles. The molecule has 34 heteroatoms. The van der Waals surface area contributed by atoms with Gasteiger partial charge in [0.1, 0.15) is 107 Å². The molecule has 0 aromatic carbocycles. The van der Waals surface area contributed by atoms with E-state index in [4.69, 9.17) is 81.6 Å². The number of carbonyl (C=O) groups excluding carboxylic acids is 8. The van der Waals surface area contributed by atoms with Gasteiger partial charge < -0.3 is 86.4 Å². The standard InChI is InChI=1S/C20H26O12.C14H14N4O6.C7H6N4O.C6H10O4.C6H10O3/c1-11(2)17(21)25-5-7-27-19(23)31-13-9-29-16-14(10-30-15(13)16)32-20(24)28-8-6-26-18(22)12(3)4;19-13(17-3-1-15-7-17)23-9-5-21-12-10(6-22-11(9)12)24-14(20)18-4-2-16-8-18;12-7(10-3-1-8-5-10)11-4-2-9-6-11;7-3-1-9-6-4(8)2-10-5(3)6;1-5(2)6(8)9-4-3-7/h13-16H,1,3,5-10H2,2,4H3;1-4,7-12H,5-6H2;1-6H;3-8H,1-2H2;7H,1,3-4H2,2H3/t13-,14+,15-,16-;9-,10+,11-,12-;;3-,4+,5-,6-;/m11.1./s1. The molecule has 6 aliphatic heterocycles. The molecule has 4 aromatic rings. The fourth-order valence-electron chi connectivity index (χ4n) is 8.06. The summed E-state index contributed by atoms with van der Waals surface area (Å²) in [5, 5.41) is 26.5. The van der Waals surface area contributed by atoms with E-state index in [-0.39, 0.29) is 109 Å². The molecule has 474 valence electrons. The van der Waals surface area contributed by atoms with Crippen molar-refractivity contribution in [2.24, 2.45) is 0 Å². The van der Waals surface area contributed by atoms with E-state index in [0.717, 1.165) is 0 Å². The molecule has 6 aliphatic rings. The fourth-order valence-corrected chi connectivity index (χ4v) is 8.06. The van der Waals surface area contributed by atoms with Crippen LogP contribution in [0.2, 0.25) is 0 Å². The highest BCUT2D eigenvalue weighted by Gasteiger charge is 2.53. The molecule has 87 heavy (non-hydrogen) atoms. The molecule has 0 amide bonds. The van der Waals surface area contributed by atoms with E-state index >= 15 is 0 Å². The van der Waals surface area contributed by atoms with Crippen LogP contribution in [0.3, 0.4) is 0 Å². The number of aromatic nitrogens is 8. The summed E-state index contributed by atoms with van der Waals surface area (Å²) in [6.45, 7) is 14.9. The first-order valence-electron chi connectivity index (χ1n) is 26.5. The second kappa shape index (κ2) is 33.8. The summed E-state index contributed by atoms with van der Waals surface area (Å²) in [7, 11) is 0. The van der Waals surface area contributed by atoms with Crippen molar-refractivity contribution in [3.63, 3.8) is 0 Å². The molecule has 0 unspecified atom stereocenters. The first kappa shape index (κ1) is 67.4. The molecule has 3 N–H and O–H groups in total. The monoisotopic (exact) mass is 1230 g/mol. The molecule has 12 atom stereocenters. The Morgan fingerprint density at radius 1 is 0.425 bits per heavy atom. The van der Waals surface area contributed by atoms with Crippen molar-refractivity contribution >= 4 is 48.4 Å². The number of nitrogens with zero attached hydrogens (tertiary/aromatic N) is 8. The van der Waals surface area contributed by atoms with Crippen LogP contribution >= 0.6 is 0 Å². The van der Waals surface area contributed by atoms with Crippen molar-refractivity contribution in [3.8, 4) is 0 Å². The Hall–Kier alpha value is -8.74. The van der Waals surface area contributed by atoms with Crippen molar-refractivity contribution in [2.75, 3.05) is 79.3 Å². The van der Waals surface area contributed by atoms with Crippen LogP contribution in [0.25, 0.3) is 0 Å². The van der Waals surface area contributed by atoms with E-state index in [2.05, 4.69) is 44.4 Å². The van der Waals surface area contributed by atoms with Crippen molar-refractivity contribution in [1.82, 2.24) is 38.2 Å². The first-order chi connectivity index (χ1) is 41.8. The zero-order valence-corrected chi connectivity index (χ0v) is 47.3. The minimum atomic E-state index is -0.984. The summed E-state index contributed by atoms with van der Waals surface area (Å²) in [6.07, 6.45) is 8.07. The Morgan fingerprint density at radius 3 is 1.01 bits per heavy atom. The van der Waals surface area contributed by atoms with E-state index in [9.17, 15) is 38.4 Å². The average Bonchev–Trinajstić information content (AvgIpc) is 2.68. The number of ether oxygens (including phenoxy) is 15. The number of aliphatic hydroxyl groups excluding tert-OH is 3. The number of carbonyl (C=O) groups is 8. The molecule has 4 aromatic heterocycles. The molecule has 0 saturated carbocycles. The molecule has 0 spiro atoms. The van der Waals surface area contributed by atoms with Crippen molar-refractivity contribution < 1.29 is 125 Å². The highest BCUT2D eigenvalue weighted by Crippen LogP contribution is 2.33. The third kappa shape index (κ3) is 20.2. The predicted molar refractivity (Wildman–Crippen MR) is 284 cm³/mol. The summed E-state index contributed by atoms with van der Waals surface area (Å²) >= 11 is 0. The van der Waals surface area contributed by atoms with Crippen LogP contribution in [0.1, 0.15) is 20.8 Å². The highest BCUT2D eigenvalue weighted by atomic mass is 16.8. The second-order valence-corrected chi connectivity index (χ2v) is 18.9. The van der Waals surface area contributed by atoms with E-state index < -0.39 is 103 Å². The van der Waals surface area contributed by atoms with Gasteiger partial charge in [0.2, 0.25) is 0 Å². The maximum absolute atomic E-state index is 12.0. The molecule has 0 radical (unpaired) electrons. The van der Waals surface area contributed by atoms with Crippen LogP contribution in [-0.2, 0) is 85.4 Å². The number of esters is 3. The minimum Gasteiger partial charge on any atom is -0.460 e. The number of fused-ring (bicyclic) bond motifs is 3. The minimum absolute atomic E-state index is 0.0147. The Labute approximate surface area is 494 Å². The van der Waals surface area contributed by atoms with E-state index in [1.807, 2.05) is 0 Å². The lowest BCUT2D eigenvalue weighted by atomic mass is 10.1. The van der Waals surface area contributed by atoms with Crippen LogP contribution in [-0.4, -0.2) is 254 Å². The third-order valence-electron chi connectivity index (χ3n) is 12.2. The van der Waals surface area contributed by atoms with Gasteiger partial charge in [0.25, 0.3) is 0 Å². The van der Waals surface area contributed by atoms with Crippen molar-refractivity contribution in [1.29, 1.82) is 0 Å². The zero-order chi connectivity index (χ0) is 63.0. The predicted octanol–water partition coefficient (Wildman–Crippen LogP) is 0.550. The first-order valence-corrected chi connectivity index (χ1v) is 26.5. The van der Waals surface area contributed by atoms with Gasteiger partial charge in [-0.3, -0.25) is 9.13 Å². The molecular formula is C53H66N8O26. The Balaban J connectivity index is 0.000000190. The molecule has 10 heterocycles. The number of hydrogen-bond donors (Lipinski definition) is 3. The summed E-state index contributed by atoms with van der Waals surface area (Å²) in [4.78, 5) is 107. The molecule has 0 bridgehead atoms. The number of imidazole rings is 4. The average molecular weight is 1230 g/mol. The van der Waals surface area contributed by atoms with Crippen LogP contribution in [0, 0.1) is 0 Å². The maximum Gasteiger partial charge on any atom is 0.508 e. The highest BCUT2D eigenvalue weighted by molar-refractivity contribution is 5.87. The zero-order valence-electron chi connectivity index (χ0n) is 47.3. The van der Waals surface area contributed by atoms with Crippen molar-refractivity contribution in [3.05, 3.63) is 111 Å². The van der Waals surface area contributed by atoms with Crippen molar-refractivity contribution in [2.45, 2.75) is 94.0 Å². The smallest absolute Gasteiger partial charge is 0.460 e. The quantitative estimate of drug-likeness (QED) is 0.0633. The van der Waals surface area contributed by atoms with Gasteiger partial charge in [-0.2, -0.15) is 0 Å². The van der Waals surface area contributed by atoms with Gasteiger partial charge in [-0.15, -0.1) is 0 Å². The summed E-state index contributed by atoms with van der Waals surface area (Å²) in [5.41, 5.74) is 0.808. The normalized spacial score (nSPS) is 24.9. The SMILES string of the molecule is C=C(C)C(=O)OCCO.C=C(C)C(=O)OCCOC(=O)O[C@H]1CO[C@H]2[C@@H]1OC[C@H]2OC(=O)OCCOC(=O)C(=C)C.O=C(O[C@H]1CO[C@H]2[C@@H]1OC[C@H]2OC(=O)n1ccnc1)n1ccnc1.O=C(n1ccnc1)n1ccnc1.O[C@@H]1CO[C@H]2[C@@H]1OC[C@@H]2O. The fraction of sp³-hybridized carbons (Fsp3) is 0.509. The Kier molecular flexibility index (Phi) is 26.2. The maximum atomic E-state index is 12.0. The molecular weight excluding hydrogens is 1160 g/mol. The Morgan fingerprint density at radius 2 is 0.713 bits per heavy atom. The molecule has 6 fully saturated rings. The summed E-state index contributed by atoms with van der Waals surface area (Å²) in [5.74, 6) is -1.64. The van der Waals surface area contributed by atoms with Crippen LogP contribution in [0.15, 0.2) is 111 Å². The van der Waals surface area contributed by atoms with Gasteiger partial charge in [0.15, 0.2) is 24.4 Å². The summed E-state index contributed by atoms with van der Waals surface area (Å²) in [6, 6.07) is -0.190. The largest absolute Gasteiger partial charge is 0.508 e.